The largest absolute Gasteiger partial charge is 0.480 e. The third kappa shape index (κ3) is 2.71. The number of ketones is 2. The monoisotopic (exact) mass is 434 g/mol. The number of hydrogen-bond acceptors (Lipinski definition) is 5. The Bertz CT molecular complexity index is 1110. The first-order chi connectivity index (χ1) is 12.8. The summed E-state index contributed by atoms with van der Waals surface area (Å²) in [7, 11) is 2.22. The predicted molar refractivity (Wildman–Crippen MR) is 115 cm³/mol. The number of halogens is 1. The first kappa shape index (κ1) is 19.1. The summed E-state index contributed by atoms with van der Waals surface area (Å²) in [6, 6.07) is 3.79. The van der Waals surface area contributed by atoms with E-state index < -0.39 is 0 Å². The minimum atomic E-state index is -0.111. The zero-order valence-corrected chi connectivity index (χ0v) is 18.7. The number of Topliss-reactive ketones (excluding diaryl/α,β-unsaturated/α-hetero) is 2. The number of rotatable bonds is 1. The van der Waals surface area contributed by atoms with E-state index in [0.717, 1.165) is 32.0 Å². The zero-order chi connectivity index (χ0) is 19.6. The van der Waals surface area contributed by atoms with Crippen LogP contribution in [0.4, 0.5) is 0 Å². The molecule has 0 amide bonds. The highest BCUT2D eigenvalue weighted by Crippen LogP contribution is 2.53. The Balaban J connectivity index is 1.90. The molecule has 27 heavy (non-hydrogen) atoms. The lowest BCUT2D eigenvalue weighted by Crippen LogP contribution is -2.05. The molecule has 0 radical (unpaired) electrons. The van der Waals surface area contributed by atoms with Crippen molar-refractivity contribution < 1.29 is 14.1 Å². The summed E-state index contributed by atoms with van der Waals surface area (Å²) in [5.74, 6) is 0.438. The second-order valence-corrected chi connectivity index (χ2v) is 9.35. The van der Waals surface area contributed by atoms with E-state index >= 15 is 0 Å². The van der Waals surface area contributed by atoms with E-state index in [1.165, 1.54) is 23.5 Å². The first-order valence-electron chi connectivity index (χ1n) is 8.26. The fraction of sp³-hybridized carbons (Fsp3) is 0.200. The molecule has 0 saturated heterocycles. The maximum atomic E-state index is 13.2. The maximum Gasteiger partial charge on any atom is 0.202 e. The molecule has 0 fully saturated rings. The van der Waals surface area contributed by atoms with Crippen LogP contribution in [0.25, 0.3) is 0 Å². The van der Waals surface area contributed by atoms with Crippen molar-refractivity contribution in [3.05, 3.63) is 60.3 Å². The molecular formula is C20H16ClO3PS2. The summed E-state index contributed by atoms with van der Waals surface area (Å²) >= 11 is 9.05. The van der Waals surface area contributed by atoms with Gasteiger partial charge in [0.05, 0.1) is 19.3 Å². The van der Waals surface area contributed by atoms with E-state index in [-0.39, 0.29) is 11.6 Å². The Morgan fingerprint density at radius 2 is 1.33 bits per heavy atom. The Morgan fingerprint density at radius 1 is 0.852 bits per heavy atom. The van der Waals surface area contributed by atoms with E-state index in [1.807, 2.05) is 39.8 Å². The lowest BCUT2D eigenvalue weighted by molar-refractivity contribution is 0.101. The van der Waals surface area contributed by atoms with Gasteiger partial charge in [0.25, 0.3) is 0 Å². The molecule has 0 saturated carbocycles. The molecule has 3 nitrogen and oxygen atoms in total. The van der Waals surface area contributed by atoms with Crippen molar-refractivity contribution in [1.82, 2.24) is 0 Å². The van der Waals surface area contributed by atoms with E-state index in [9.17, 15) is 9.59 Å². The van der Waals surface area contributed by atoms with Crippen molar-refractivity contribution in [1.29, 1.82) is 0 Å². The molecule has 4 rings (SSSR count). The first-order valence-corrected chi connectivity index (χ1v) is 10.7. The van der Waals surface area contributed by atoms with Crippen LogP contribution in [-0.2, 0) is 0 Å². The average molecular weight is 435 g/mol. The van der Waals surface area contributed by atoms with Crippen molar-refractivity contribution in [3.63, 3.8) is 0 Å². The molecule has 0 aromatic heterocycles. The fourth-order valence-corrected chi connectivity index (χ4v) is 6.52. The normalized spacial score (nSPS) is 18.1. The van der Waals surface area contributed by atoms with Crippen LogP contribution in [0.2, 0.25) is 5.02 Å². The van der Waals surface area contributed by atoms with Gasteiger partial charge in [-0.1, -0.05) is 35.1 Å². The lowest BCUT2D eigenvalue weighted by Gasteiger charge is -2.10. The molecule has 2 aromatic rings. The van der Waals surface area contributed by atoms with E-state index in [2.05, 4.69) is 9.47 Å². The van der Waals surface area contributed by atoms with Crippen LogP contribution in [0.5, 0.6) is 5.75 Å². The summed E-state index contributed by atoms with van der Waals surface area (Å²) in [5.41, 5.74) is 4.74. The van der Waals surface area contributed by atoms with E-state index in [4.69, 9.17) is 16.1 Å². The van der Waals surface area contributed by atoms with Gasteiger partial charge in [-0.05, 0) is 56.5 Å². The standard InChI is InChI=1S/C20H16ClO3PS2/c1-7-5-11(21)9(3)13-15(22)19(26-17(7)13)20-16(23)14-10(4)12(24-25)6-8(2)18(14)27-20/h5-6H,25H2,1-4H3/b20-19+. The molecular weight excluding hydrogens is 419 g/mol. The van der Waals surface area contributed by atoms with Gasteiger partial charge in [0.1, 0.15) is 5.75 Å². The Hall–Kier alpha value is -1.26. The predicted octanol–water partition coefficient (Wildman–Crippen LogP) is 6.23. The van der Waals surface area contributed by atoms with Gasteiger partial charge in [0, 0.05) is 31.5 Å². The number of aryl methyl sites for hydroxylation is 2. The van der Waals surface area contributed by atoms with Crippen LogP contribution in [-0.4, -0.2) is 11.6 Å². The van der Waals surface area contributed by atoms with Crippen molar-refractivity contribution in [2.45, 2.75) is 37.5 Å². The van der Waals surface area contributed by atoms with Crippen LogP contribution < -0.4 is 4.52 Å². The highest BCUT2D eigenvalue weighted by Gasteiger charge is 2.39. The van der Waals surface area contributed by atoms with Crippen LogP contribution in [0.15, 0.2) is 31.7 Å². The molecule has 2 heterocycles. The van der Waals surface area contributed by atoms with Gasteiger partial charge in [0.15, 0.2) is 0 Å². The number of allylic oxidation sites excluding steroid dienone is 2. The van der Waals surface area contributed by atoms with Gasteiger partial charge in [0.2, 0.25) is 11.6 Å². The number of hydrogen-bond donors (Lipinski definition) is 0. The van der Waals surface area contributed by atoms with Gasteiger partial charge in [-0.25, -0.2) is 0 Å². The molecule has 0 spiro atoms. The van der Waals surface area contributed by atoms with Crippen molar-refractivity contribution in [3.8, 4) is 5.75 Å². The third-order valence-corrected chi connectivity index (χ3v) is 8.37. The second-order valence-electron chi connectivity index (χ2n) is 6.66. The minimum absolute atomic E-state index is 0.107. The van der Waals surface area contributed by atoms with E-state index in [1.54, 1.807) is 0 Å². The molecule has 0 aliphatic carbocycles. The summed E-state index contributed by atoms with van der Waals surface area (Å²) in [4.78, 5) is 29.2. The lowest BCUT2D eigenvalue weighted by atomic mass is 9.98. The molecule has 2 aromatic carbocycles. The van der Waals surface area contributed by atoms with Crippen LogP contribution >= 0.6 is 44.6 Å². The molecule has 1 atom stereocenters. The summed E-state index contributed by atoms with van der Waals surface area (Å²) in [5, 5.41) is 0.578. The number of carbonyl (C=O) groups excluding carboxylic acids is 2. The van der Waals surface area contributed by atoms with Crippen LogP contribution in [0, 0.1) is 27.7 Å². The minimum Gasteiger partial charge on any atom is -0.480 e. The Labute approximate surface area is 173 Å². The molecule has 7 heteroatoms. The second kappa shape index (κ2) is 6.66. The van der Waals surface area contributed by atoms with Crippen molar-refractivity contribution >= 4 is 56.2 Å². The van der Waals surface area contributed by atoms with Gasteiger partial charge in [-0.2, -0.15) is 0 Å². The molecule has 0 bridgehead atoms. The molecule has 138 valence electrons. The number of thioether (sulfide) groups is 2. The summed E-state index contributed by atoms with van der Waals surface area (Å²) in [6.45, 7) is 7.61. The zero-order valence-electron chi connectivity index (χ0n) is 15.2. The van der Waals surface area contributed by atoms with Crippen molar-refractivity contribution in [2.24, 2.45) is 0 Å². The van der Waals surface area contributed by atoms with E-state index in [0.29, 0.717) is 31.7 Å². The third-order valence-electron chi connectivity index (χ3n) is 4.95. The molecule has 2 aliphatic heterocycles. The smallest absolute Gasteiger partial charge is 0.202 e. The van der Waals surface area contributed by atoms with Gasteiger partial charge < -0.3 is 4.52 Å². The highest BCUT2D eigenvalue weighted by molar-refractivity contribution is 8.08. The Morgan fingerprint density at radius 3 is 1.85 bits per heavy atom. The average Bonchev–Trinajstić information content (AvgIpc) is 3.14. The summed E-state index contributed by atoms with van der Waals surface area (Å²) < 4.78 is 5.33. The van der Waals surface area contributed by atoms with Gasteiger partial charge in [-0.15, -0.1) is 0 Å². The molecule has 2 aliphatic rings. The van der Waals surface area contributed by atoms with Crippen molar-refractivity contribution in [2.75, 3.05) is 0 Å². The maximum absolute atomic E-state index is 13.2. The van der Waals surface area contributed by atoms with Gasteiger partial charge >= 0.3 is 0 Å². The number of benzene rings is 2. The highest BCUT2D eigenvalue weighted by atomic mass is 35.5. The SMILES string of the molecule is Cc1cc(Cl)c(C)c2c1S/C(=C1/Sc3c(C)cc(OP)c(C)c3C1=O)C2=O. The Kier molecular flexibility index (Phi) is 4.71. The van der Waals surface area contributed by atoms with Crippen LogP contribution in [0.3, 0.4) is 0 Å². The topological polar surface area (TPSA) is 43.4 Å². The quantitative estimate of drug-likeness (QED) is 0.393. The molecule has 1 unspecified atom stereocenters. The number of carbonyl (C=O) groups is 2. The fourth-order valence-electron chi connectivity index (χ4n) is 3.47. The number of fused-ring (bicyclic) bond motifs is 2. The van der Waals surface area contributed by atoms with Gasteiger partial charge in [-0.3, -0.25) is 9.59 Å². The van der Waals surface area contributed by atoms with Crippen LogP contribution in [0.1, 0.15) is 43.0 Å². The molecule has 0 N–H and O–H groups in total. The summed E-state index contributed by atoms with van der Waals surface area (Å²) in [6.07, 6.45) is 0.